The van der Waals surface area contributed by atoms with Crippen LogP contribution in [0, 0.1) is 0 Å². The fourth-order valence-electron chi connectivity index (χ4n) is 3.93. The highest BCUT2D eigenvalue weighted by atomic mass is 19.4. The van der Waals surface area contributed by atoms with Gasteiger partial charge in [-0.2, -0.15) is 13.2 Å². The van der Waals surface area contributed by atoms with Gasteiger partial charge in [0.15, 0.2) is 5.78 Å². The van der Waals surface area contributed by atoms with E-state index in [1.807, 2.05) is 6.92 Å². The van der Waals surface area contributed by atoms with Crippen molar-refractivity contribution in [1.29, 1.82) is 0 Å². The zero-order valence-electron chi connectivity index (χ0n) is 22.3. The smallest absolute Gasteiger partial charge is 0.389 e. The number of carbonyl (C=O) groups is 4. The number of carbonyl (C=O) groups excluding carboxylic acids is 3. The van der Waals surface area contributed by atoms with Crippen LogP contribution in [0.25, 0.3) is 0 Å². The second-order valence-electron chi connectivity index (χ2n) is 9.43. The fourth-order valence-corrected chi connectivity index (χ4v) is 3.93. The Morgan fingerprint density at radius 2 is 1.50 bits per heavy atom. The first-order chi connectivity index (χ1) is 18.8. The summed E-state index contributed by atoms with van der Waals surface area (Å²) < 4.78 is 44.1. The van der Waals surface area contributed by atoms with E-state index in [0.717, 1.165) is 0 Å². The van der Waals surface area contributed by atoms with Crippen molar-refractivity contribution in [2.24, 2.45) is 5.73 Å². The predicted molar refractivity (Wildman–Crippen MR) is 141 cm³/mol. The summed E-state index contributed by atoms with van der Waals surface area (Å²) >= 11 is 0. The van der Waals surface area contributed by atoms with Gasteiger partial charge in [-0.3, -0.25) is 14.4 Å². The van der Waals surface area contributed by atoms with Gasteiger partial charge in [0.2, 0.25) is 11.8 Å². The van der Waals surface area contributed by atoms with Crippen molar-refractivity contribution < 1.29 is 42.2 Å². The first kappa shape index (κ1) is 32.3. The van der Waals surface area contributed by atoms with Crippen LogP contribution in [0.15, 0.2) is 48.5 Å². The number of carboxylic acid groups (broad SMARTS) is 1. The average Bonchev–Trinajstić information content (AvgIpc) is 2.86. The number of ketones is 1. The largest absolute Gasteiger partial charge is 0.480 e. The molecule has 0 bridgehead atoms. The highest BCUT2D eigenvalue weighted by Gasteiger charge is 2.31. The highest BCUT2D eigenvalue weighted by Crippen LogP contribution is 2.25. The number of alkyl halides is 3. The maximum Gasteiger partial charge on any atom is 0.389 e. The fraction of sp³-hybridized carbons (Fsp3) is 0.429. The van der Waals surface area contributed by atoms with Crippen molar-refractivity contribution in [1.82, 2.24) is 10.6 Å². The van der Waals surface area contributed by atoms with E-state index in [1.54, 1.807) is 48.5 Å². The minimum atomic E-state index is -4.52. The molecule has 5 N–H and O–H groups in total. The molecule has 0 aromatic heterocycles. The van der Waals surface area contributed by atoms with Gasteiger partial charge in [0.1, 0.15) is 17.5 Å². The van der Waals surface area contributed by atoms with Crippen molar-refractivity contribution >= 4 is 23.6 Å². The summed E-state index contributed by atoms with van der Waals surface area (Å²) in [5, 5.41) is 14.2. The number of nitrogens with one attached hydrogen (secondary N) is 2. The molecular weight excluding hydrogens is 531 g/mol. The lowest BCUT2D eigenvalue weighted by molar-refractivity contribution is -0.144. The summed E-state index contributed by atoms with van der Waals surface area (Å²) in [6.45, 7) is 3.05. The zero-order chi connectivity index (χ0) is 29.9. The quantitative estimate of drug-likeness (QED) is 0.258. The molecule has 2 amide bonds. The van der Waals surface area contributed by atoms with Crippen LogP contribution < -0.4 is 21.1 Å². The van der Waals surface area contributed by atoms with Crippen LogP contribution in [0.3, 0.4) is 0 Å². The van der Waals surface area contributed by atoms with Crippen molar-refractivity contribution in [2.45, 2.75) is 76.7 Å². The third-order valence-corrected chi connectivity index (χ3v) is 5.88. The minimum absolute atomic E-state index is 0.0216. The molecule has 2 aromatic carbocycles. The summed E-state index contributed by atoms with van der Waals surface area (Å²) in [4.78, 5) is 47.9. The Balaban J connectivity index is 2.19. The number of halogens is 3. The van der Waals surface area contributed by atoms with E-state index in [1.165, 1.54) is 6.92 Å². The van der Waals surface area contributed by atoms with Gasteiger partial charge in [0.05, 0.1) is 18.5 Å². The first-order valence-corrected chi connectivity index (χ1v) is 12.8. The van der Waals surface area contributed by atoms with Crippen LogP contribution in [0.4, 0.5) is 13.2 Å². The van der Waals surface area contributed by atoms with Crippen LogP contribution in [-0.2, 0) is 32.0 Å². The number of hydrogen-bond donors (Lipinski definition) is 4. The van der Waals surface area contributed by atoms with E-state index in [-0.39, 0.29) is 12.8 Å². The van der Waals surface area contributed by atoms with E-state index in [0.29, 0.717) is 35.5 Å². The van der Waals surface area contributed by atoms with E-state index < -0.39 is 60.7 Å². The van der Waals surface area contributed by atoms with Gasteiger partial charge < -0.3 is 26.2 Å². The van der Waals surface area contributed by atoms with Crippen molar-refractivity contribution in [3.63, 3.8) is 0 Å². The monoisotopic (exact) mass is 565 g/mol. The van der Waals surface area contributed by atoms with Gasteiger partial charge >= 0.3 is 12.1 Å². The molecule has 2 rings (SSSR count). The molecule has 2 aromatic rings. The number of carboxylic acids is 1. The van der Waals surface area contributed by atoms with Crippen LogP contribution in [0.1, 0.15) is 50.7 Å². The van der Waals surface area contributed by atoms with Gasteiger partial charge in [0, 0.05) is 19.8 Å². The van der Waals surface area contributed by atoms with E-state index in [2.05, 4.69) is 10.6 Å². The Bertz CT molecular complexity index is 1190. The molecule has 0 spiro atoms. The lowest BCUT2D eigenvalue weighted by Crippen LogP contribution is -2.49. The number of Topliss-reactive ketones (excluding diaryl/α,β-unsaturated/α-hetero) is 1. The molecule has 0 radical (unpaired) electrons. The Kier molecular flexibility index (Phi) is 12.1. The number of nitrogens with two attached hydrogens (primary N) is 1. The Morgan fingerprint density at radius 1 is 0.950 bits per heavy atom. The minimum Gasteiger partial charge on any atom is -0.480 e. The van der Waals surface area contributed by atoms with E-state index in [9.17, 15) is 37.5 Å². The number of benzene rings is 2. The van der Waals surface area contributed by atoms with E-state index >= 15 is 0 Å². The lowest BCUT2D eigenvalue weighted by Gasteiger charge is -2.21. The number of ether oxygens (including phenoxy) is 1. The summed E-state index contributed by atoms with van der Waals surface area (Å²) in [5.41, 5.74) is 6.95. The van der Waals surface area contributed by atoms with Gasteiger partial charge in [-0.25, -0.2) is 4.79 Å². The normalized spacial score (nSPS) is 13.6. The van der Waals surface area contributed by atoms with Crippen LogP contribution >= 0.6 is 0 Å². The van der Waals surface area contributed by atoms with Crippen LogP contribution in [-0.4, -0.2) is 53.0 Å². The maximum absolute atomic E-state index is 12.7. The molecule has 40 heavy (non-hydrogen) atoms. The van der Waals surface area contributed by atoms with Gasteiger partial charge in [-0.05, 0) is 48.2 Å². The molecule has 0 unspecified atom stereocenters. The molecule has 0 heterocycles. The van der Waals surface area contributed by atoms with Crippen molar-refractivity contribution in [3.05, 3.63) is 59.7 Å². The van der Waals surface area contributed by atoms with Gasteiger partial charge in [-0.1, -0.05) is 37.6 Å². The Hall–Kier alpha value is -3.93. The van der Waals surface area contributed by atoms with Gasteiger partial charge in [0.25, 0.3) is 0 Å². The first-order valence-electron chi connectivity index (χ1n) is 12.8. The van der Waals surface area contributed by atoms with Crippen LogP contribution in [0.5, 0.6) is 11.5 Å². The number of hydrogen-bond acceptors (Lipinski definition) is 6. The standard InChI is InChI=1S/C28H34F3N3O6/c1-3-6-22(32)26(37)34-23(25(36)11-12-28(29,30)31)15-18-7-4-9-20(13-18)40-21-10-5-8-19(14-21)16-24(27(38)39)33-17(2)35/h4-5,7-10,13-14,22-24H,3,6,11-12,15-16,32H2,1-2H3,(H,33,35)(H,34,37)(H,38,39)/t22-,23-,24-/m0/s1. The van der Waals surface area contributed by atoms with Crippen LogP contribution in [0.2, 0.25) is 0 Å². The molecule has 0 aliphatic heterocycles. The van der Waals surface area contributed by atoms with Crippen molar-refractivity contribution in [3.8, 4) is 11.5 Å². The molecule has 3 atom stereocenters. The summed E-state index contributed by atoms with van der Waals surface area (Å²) in [6, 6.07) is 9.88. The topological polar surface area (TPSA) is 148 Å². The molecule has 0 saturated carbocycles. The summed E-state index contributed by atoms with van der Waals surface area (Å²) in [7, 11) is 0. The molecule has 9 nitrogen and oxygen atoms in total. The Labute approximate surface area is 230 Å². The summed E-state index contributed by atoms with van der Waals surface area (Å²) in [5.74, 6) is -2.32. The highest BCUT2D eigenvalue weighted by molar-refractivity contribution is 5.91. The number of aliphatic carboxylic acids is 1. The lowest BCUT2D eigenvalue weighted by atomic mass is 9.98. The SMILES string of the molecule is CCC[C@H](N)C(=O)N[C@@H](Cc1cccc(Oc2cccc(C[C@H](NC(C)=O)C(=O)O)c2)c1)C(=O)CCC(F)(F)F. The van der Waals surface area contributed by atoms with Gasteiger partial charge in [-0.15, -0.1) is 0 Å². The number of amides is 2. The summed E-state index contributed by atoms with van der Waals surface area (Å²) in [6.07, 6.45) is -5.68. The molecule has 12 heteroatoms. The Morgan fingerprint density at radius 3 is 1.98 bits per heavy atom. The molecule has 0 aliphatic carbocycles. The third-order valence-electron chi connectivity index (χ3n) is 5.88. The maximum atomic E-state index is 12.7. The molecule has 218 valence electrons. The molecular formula is C28H34F3N3O6. The van der Waals surface area contributed by atoms with E-state index in [4.69, 9.17) is 10.5 Å². The number of rotatable bonds is 15. The molecule has 0 aliphatic rings. The second-order valence-corrected chi connectivity index (χ2v) is 9.43. The average molecular weight is 566 g/mol. The molecule has 0 fully saturated rings. The zero-order valence-corrected chi connectivity index (χ0v) is 22.3. The van der Waals surface area contributed by atoms with Crippen molar-refractivity contribution in [2.75, 3.05) is 0 Å². The molecule has 0 saturated heterocycles. The third kappa shape index (κ3) is 11.4. The predicted octanol–water partition coefficient (Wildman–Crippen LogP) is 3.68. The second kappa shape index (κ2) is 15.0.